The fraction of sp³-hybridized carbons (Fsp3) is 0.849. The van der Waals surface area contributed by atoms with Crippen molar-refractivity contribution in [2.45, 2.75) is 264 Å². The third-order valence-corrected chi connectivity index (χ3v) is 12.5. The first-order valence-corrected chi connectivity index (χ1v) is 28.0. The molecular formula is C53H100NO8P. The second kappa shape index (κ2) is 49.7. The highest BCUT2D eigenvalue weighted by Crippen LogP contribution is 2.43. The Bertz CT molecular complexity index is 1130. The second-order valence-corrected chi connectivity index (χ2v) is 19.2. The van der Waals surface area contributed by atoms with E-state index < -0.39 is 26.5 Å². The average Bonchev–Trinajstić information content (AvgIpc) is 3.27. The number of phosphoric ester groups is 1. The molecule has 0 aromatic heterocycles. The van der Waals surface area contributed by atoms with Crippen molar-refractivity contribution >= 4 is 19.8 Å². The molecule has 370 valence electrons. The standard InChI is InChI=1S/C53H100NO8P/c1-3-5-7-9-11-13-15-17-19-21-22-23-24-25-26-27-28-30-31-33-35-37-39-41-43-45-52(55)59-49-51(50-61-63(57,58)60-48-47-54)62-53(56)46-44-42-40-38-36-34-32-29-20-18-16-14-12-10-8-6-4-2/h12,14,18,20-22,51H,3-11,13,15-17,19,23-50,54H2,1-2H3,(H,57,58)/b14-12-,20-18-,22-21-. The fourth-order valence-electron chi connectivity index (χ4n) is 7.54. The van der Waals surface area contributed by atoms with E-state index in [1.165, 1.54) is 173 Å². The minimum atomic E-state index is -4.38. The molecule has 10 heteroatoms. The lowest BCUT2D eigenvalue weighted by atomic mass is 10.0. The SMILES string of the molecule is CCCCC/C=C\C/C=C\CCCCCCCCCC(=O)OC(COC(=O)CCCCCCCCCCCCCCC/C=C\CCCCCCCCCC)COP(=O)(O)OCCN. The third-order valence-electron chi connectivity index (χ3n) is 11.5. The quantitative estimate of drug-likeness (QED) is 0.0265. The second-order valence-electron chi connectivity index (χ2n) is 17.7. The Kier molecular flexibility index (Phi) is 48.3. The summed E-state index contributed by atoms with van der Waals surface area (Å²) in [6.07, 6.45) is 57.6. The Labute approximate surface area is 388 Å². The maximum atomic E-state index is 12.6. The number of allylic oxidation sites excluding steroid dienone is 6. The van der Waals surface area contributed by atoms with Crippen molar-refractivity contribution in [1.29, 1.82) is 0 Å². The van der Waals surface area contributed by atoms with Gasteiger partial charge in [0.25, 0.3) is 0 Å². The van der Waals surface area contributed by atoms with Gasteiger partial charge < -0.3 is 20.1 Å². The summed E-state index contributed by atoms with van der Waals surface area (Å²) >= 11 is 0. The van der Waals surface area contributed by atoms with Crippen LogP contribution in [0.25, 0.3) is 0 Å². The maximum absolute atomic E-state index is 12.6. The number of phosphoric acid groups is 1. The Morgan fingerprint density at radius 3 is 1.25 bits per heavy atom. The van der Waals surface area contributed by atoms with Gasteiger partial charge in [0, 0.05) is 19.4 Å². The summed E-state index contributed by atoms with van der Waals surface area (Å²) in [5.41, 5.74) is 5.37. The van der Waals surface area contributed by atoms with Crippen LogP contribution in [-0.2, 0) is 32.7 Å². The molecule has 0 aliphatic carbocycles. The van der Waals surface area contributed by atoms with Gasteiger partial charge in [-0.25, -0.2) is 4.57 Å². The monoisotopic (exact) mass is 910 g/mol. The van der Waals surface area contributed by atoms with Crippen LogP contribution in [0.4, 0.5) is 0 Å². The lowest BCUT2D eigenvalue weighted by molar-refractivity contribution is -0.161. The zero-order valence-corrected chi connectivity index (χ0v) is 42.0. The summed E-state index contributed by atoms with van der Waals surface area (Å²) in [5, 5.41) is 0. The molecule has 0 aliphatic heterocycles. The van der Waals surface area contributed by atoms with Gasteiger partial charge in [-0.3, -0.25) is 18.6 Å². The first-order valence-electron chi connectivity index (χ1n) is 26.5. The first kappa shape index (κ1) is 61.2. The van der Waals surface area contributed by atoms with E-state index in [-0.39, 0.29) is 38.6 Å². The lowest BCUT2D eigenvalue weighted by Gasteiger charge is -2.19. The molecule has 0 radical (unpaired) electrons. The molecule has 2 atom stereocenters. The topological polar surface area (TPSA) is 134 Å². The highest BCUT2D eigenvalue weighted by Gasteiger charge is 2.26. The minimum absolute atomic E-state index is 0.0524. The number of esters is 2. The van der Waals surface area contributed by atoms with Gasteiger partial charge in [-0.05, 0) is 70.6 Å². The van der Waals surface area contributed by atoms with Gasteiger partial charge in [-0.1, -0.05) is 211 Å². The third kappa shape index (κ3) is 49.5. The van der Waals surface area contributed by atoms with Crippen LogP contribution < -0.4 is 5.73 Å². The molecule has 0 rings (SSSR count). The molecule has 63 heavy (non-hydrogen) atoms. The molecule has 0 saturated carbocycles. The van der Waals surface area contributed by atoms with E-state index in [4.69, 9.17) is 24.3 Å². The number of carbonyl (C=O) groups excluding carboxylic acids is 2. The summed E-state index contributed by atoms with van der Waals surface area (Å²) in [4.78, 5) is 35.1. The predicted molar refractivity (Wildman–Crippen MR) is 266 cm³/mol. The number of carbonyl (C=O) groups is 2. The van der Waals surface area contributed by atoms with Gasteiger partial charge >= 0.3 is 19.8 Å². The van der Waals surface area contributed by atoms with Crippen LogP contribution in [0, 0.1) is 0 Å². The zero-order valence-electron chi connectivity index (χ0n) is 41.1. The predicted octanol–water partition coefficient (Wildman–Crippen LogP) is 16.1. The number of ether oxygens (including phenoxy) is 2. The van der Waals surface area contributed by atoms with E-state index in [1.807, 2.05) is 0 Å². The number of unbranched alkanes of at least 4 members (excludes halogenated alkanes) is 31. The summed E-state index contributed by atoms with van der Waals surface area (Å²) in [5.74, 6) is -0.828. The molecule has 3 N–H and O–H groups in total. The van der Waals surface area contributed by atoms with Crippen LogP contribution in [0.2, 0.25) is 0 Å². The largest absolute Gasteiger partial charge is 0.472 e. The van der Waals surface area contributed by atoms with Gasteiger partial charge in [0.2, 0.25) is 0 Å². The molecular weight excluding hydrogens is 810 g/mol. The van der Waals surface area contributed by atoms with Crippen molar-refractivity contribution in [2.24, 2.45) is 5.73 Å². The molecule has 0 amide bonds. The number of nitrogens with two attached hydrogens (primary N) is 1. The van der Waals surface area contributed by atoms with Crippen LogP contribution >= 0.6 is 7.82 Å². The molecule has 0 aliphatic rings. The van der Waals surface area contributed by atoms with Crippen molar-refractivity contribution in [2.75, 3.05) is 26.4 Å². The fourth-order valence-corrected chi connectivity index (χ4v) is 8.31. The smallest absolute Gasteiger partial charge is 0.462 e. The van der Waals surface area contributed by atoms with Crippen molar-refractivity contribution in [3.8, 4) is 0 Å². The Balaban J connectivity index is 3.98. The van der Waals surface area contributed by atoms with Gasteiger partial charge in [0.05, 0.1) is 13.2 Å². The summed E-state index contributed by atoms with van der Waals surface area (Å²) in [7, 11) is -4.38. The van der Waals surface area contributed by atoms with Crippen LogP contribution in [0.1, 0.15) is 258 Å². The molecule has 0 fully saturated rings. The first-order chi connectivity index (χ1) is 30.8. The van der Waals surface area contributed by atoms with Crippen LogP contribution in [0.5, 0.6) is 0 Å². The minimum Gasteiger partial charge on any atom is -0.462 e. The van der Waals surface area contributed by atoms with E-state index in [9.17, 15) is 19.0 Å². The van der Waals surface area contributed by atoms with Gasteiger partial charge in [0.15, 0.2) is 6.10 Å². The van der Waals surface area contributed by atoms with E-state index in [0.717, 1.165) is 51.4 Å². The molecule has 0 bridgehead atoms. The zero-order chi connectivity index (χ0) is 46.0. The maximum Gasteiger partial charge on any atom is 0.472 e. The Morgan fingerprint density at radius 1 is 0.476 bits per heavy atom. The van der Waals surface area contributed by atoms with Crippen LogP contribution in [0.3, 0.4) is 0 Å². The molecule has 0 saturated heterocycles. The van der Waals surface area contributed by atoms with Crippen molar-refractivity contribution in [3.63, 3.8) is 0 Å². The Morgan fingerprint density at radius 2 is 0.825 bits per heavy atom. The number of hydrogen-bond acceptors (Lipinski definition) is 8. The molecule has 0 aromatic rings. The van der Waals surface area contributed by atoms with Crippen molar-refractivity contribution < 1.29 is 37.6 Å². The molecule has 0 heterocycles. The van der Waals surface area contributed by atoms with E-state index in [1.54, 1.807) is 0 Å². The highest BCUT2D eigenvalue weighted by molar-refractivity contribution is 7.47. The van der Waals surface area contributed by atoms with Crippen LogP contribution in [-0.4, -0.2) is 49.3 Å². The van der Waals surface area contributed by atoms with E-state index in [0.29, 0.717) is 6.42 Å². The molecule has 2 unspecified atom stereocenters. The average molecular weight is 910 g/mol. The van der Waals surface area contributed by atoms with E-state index in [2.05, 4.69) is 50.3 Å². The molecule has 0 spiro atoms. The normalized spacial score (nSPS) is 13.4. The summed E-state index contributed by atoms with van der Waals surface area (Å²) in [6.45, 7) is 3.74. The van der Waals surface area contributed by atoms with Crippen molar-refractivity contribution in [3.05, 3.63) is 36.5 Å². The lowest BCUT2D eigenvalue weighted by Crippen LogP contribution is -2.29. The molecule has 0 aromatic carbocycles. The summed E-state index contributed by atoms with van der Waals surface area (Å²) in [6, 6.07) is 0. The molecule has 9 nitrogen and oxygen atoms in total. The summed E-state index contributed by atoms with van der Waals surface area (Å²) < 4.78 is 32.9. The van der Waals surface area contributed by atoms with Crippen molar-refractivity contribution in [1.82, 2.24) is 0 Å². The Hall–Kier alpha value is -1.77. The van der Waals surface area contributed by atoms with Gasteiger partial charge in [0.1, 0.15) is 6.61 Å². The van der Waals surface area contributed by atoms with Gasteiger partial charge in [-0.2, -0.15) is 0 Å². The van der Waals surface area contributed by atoms with E-state index >= 15 is 0 Å². The highest BCUT2D eigenvalue weighted by atomic mass is 31.2. The number of rotatable bonds is 50. The van der Waals surface area contributed by atoms with Crippen LogP contribution in [0.15, 0.2) is 36.5 Å². The number of hydrogen-bond donors (Lipinski definition) is 2. The van der Waals surface area contributed by atoms with Gasteiger partial charge in [-0.15, -0.1) is 0 Å².